The smallest absolute Gasteiger partial charge is 0.133 e. The zero-order chi connectivity index (χ0) is 12.3. The van der Waals surface area contributed by atoms with Crippen LogP contribution in [0.4, 0.5) is 13.2 Å². The Kier molecular flexibility index (Phi) is 4.66. The van der Waals surface area contributed by atoms with Gasteiger partial charge in [0.1, 0.15) is 17.5 Å². The van der Waals surface area contributed by atoms with Crippen molar-refractivity contribution < 1.29 is 13.2 Å². The summed E-state index contributed by atoms with van der Waals surface area (Å²) >= 11 is 5.94. The summed E-state index contributed by atoms with van der Waals surface area (Å²) in [5.74, 6) is -2.49. The van der Waals surface area contributed by atoms with Gasteiger partial charge in [0.2, 0.25) is 0 Å². The van der Waals surface area contributed by atoms with Crippen LogP contribution in [0.25, 0.3) is 0 Å². The lowest BCUT2D eigenvalue weighted by atomic mass is 9.98. The van der Waals surface area contributed by atoms with E-state index in [0.717, 1.165) is 6.42 Å². The highest BCUT2D eigenvalue weighted by molar-refractivity contribution is 6.20. The molecule has 1 aromatic carbocycles. The maximum atomic E-state index is 13.4. The minimum absolute atomic E-state index is 0.233. The molecule has 0 aliphatic carbocycles. The van der Waals surface area contributed by atoms with E-state index in [1.165, 1.54) is 0 Å². The first kappa shape index (κ1) is 13.4. The summed E-state index contributed by atoms with van der Waals surface area (Å²) in [5.41, 5.74) is -0.233. The molecule has 0 saturated carbocycles. The summed E-state index contributed by atoms with van der Waals surface area (Å²) in [5, 5.41) is -0.754. The molecule has 0 heterocycles. The number of alkyl halides is 1. The van der Waals surface area contributed by atoms with Crippen molar-refractivity contribution in [2.45, 2.75) is 32.1 Å². The van der Waals surface area contributed by atoms with Gasteiger partial charge in [0.05, 0.1) is 5.38 Å². The maximum Gasteiger partial charge on any atom is 0.133 e. The normalized spacial score (nSPS) is 14.9. The van der Waals surface area contributed by atoms with Gasteiger partial charge in [-0.3, -0.25) is 0 Å². The van der Waals surface area contributed by atoms with Gasteiger partial charge < -0.3 is 0 Å². The van der Waals surface area contributed by atoms with E-state index >= 15 is 0 Å². The molecule has 0 aromatic heterocycles. The van der Waals surface area contributed by atoms with Gasteiger partial charge in [-0.25, -0.2) is 13.2 Å². The van der Waals surface area contributed by atoms with E-state index in [1.54, 1.807) is 0 Å². The predicted octanol–water partition coefficient (Wildman–Crippen LogP) is 4.82. The Balaban J connectivity index is 2.95. The molecule has 0 N–H and O–H groups in total. The van der Waals surface area contributed by atoms with Gasteiger partial charge in [0, 0.05) is 17.7 Å². The summed E-state index contributed by atoms with van der Waals surface area (Å²) in [7, 11) is 0. The predicted molar refractivity (Wildman–Crippen MR) is 59.0 cm³/mol. The van der Waals surface area contributed by atoms with Crippen LogP contribution in [-0.2, 0) is 0 Å². The maximum absolute atomic E-state index is 13.4. The lowest BCUT2D eigenvalue weighted by Gasteiger charge is -2.15. The van der Waals surface area contributed by atoms with E-state index in [-0.39, 0.29) is 11.5 Å². The third-order valence-electron chi connectivity index (χ3n) is 2.66. The minimum atomic E-state index is -0.925. The molecule has 1 rings (SSSR count). The van der Waals surface area contributed by atoms with Crippen LogP contribution >= 0.6 is 11.6 Å². The van der Waals surface area contributed by atoms with Crippen molar-refractivity contribution in [1.82, 2.24) is 0 Å². The average molecular weight is 251 g/mol. The molecule has 1 aromatic rings. The summed E-state index contributed by atoms with van der Waals surface area (Å²) in [6.07, 6.45) is 1.35. The number of hydrogen-bond donors (Lipinski definition) is 0. The van der Waals surface area contributed by atoms with E-state index in [9.17, 15) is 13.2 Å². The molecule has 0 nitrogen and oxygen atoms in total. The number of rotatable bonds is 4. The van der Waals surface area contributed by atoms with Gasteiger partial charge in [0.15, 0.2) is 0 Å². The van der Waals surface area contributed by atoms with E-state index in [0.29, 0.717) is 18.6 Å². The third-order valence-corrected chi connectivity index (χ3v) is 3.06. The summed E-state index contributed by atoms with van der Waals surface area (Å²) < 4.78 is 39.4. The van der Waals surface area contributed by atoms with Crippen LogP contribution in [0.15, 0.2) is 12.1 Å². The molecule has 0 fully saturated rings. The third kappa shape index (κ3) is 3.14. The Morgan fingerprint density at radius 3 is 2.12 bits per heavy atom. The highest BCUT2D eigenvalue weighted by Gasteiger charge is 2.20. The van der Waals surface area contributed by atoms with Crippen LogP contribution in [0.2, 0.25) is 0 Å². The monoisotopic (exact) mass is 250 g/mol. The van der Waals surface area contributed by atoms with Crippen LogP contribution in [0, 0.1) is 23.4 Å². The largest absolute Gasteiger partial charge is 0.207 e. The van der Waals surface area contributed by atoms with Crippen molar-refractivity contribution in [3.05, 3.63) is 35.1 Å². The average Bonchev–Trinajstić information content (AvgIpc) is 2.15. The van der Waals surface area contributed by atoms with Crippen LogP contribution < -0.4 is 0 Å². The van der Waals surface area contributed by atoms with Gasteiger partial charge in [0.25, 0.3) is 0 Å². The van der Waals surface area contributed by atoms with Crippen molar-refractivity contribution in [2.75, 3.05) is 0 Å². The Labute approximate surface area is 98.4 Å². The lowest BCUT2D eigenvalue weighted by molar-refractivity contribution is 0.473. The van der Waals surface area contributed by atoms with Crippen molar-refractivity contribution in [3.63, 3.8) is 0 Å². The van der Waals surface area contributed by atoms with Crippen LogP contribution in [0.1, 0.15) is 37.6 Å². The molecular weight excluding hydrogens is 237 g/mol. The molecule has 0 aliphatic rings. The van der Waals surface area contributed by atoms with E-state index in [4.69, 9.17) is 11.6 Å². The van der Waals surface area contributed by atoms with E-state index < -0.39 is 22.8 Å². The molecule has 0 spiro atoms. The van der Waals surface area contributed by atoms with Crippen LogP contribution in [-0.4, -0.2) is 0 Å². The minimum Gasteiger partial charge on any atom is -0.207 e. The first-order chi connectivity index (χ1) is 7.45. The quantitative estimate of drug-likeness (QED) is 0.672. The van der Waals surface area contributed by atoms with Gasteiger partial charge >= 0.3 is 0 Å². The Morgan fingerprint density at radius 2 is 1.69 bits per heavy atom. The van der Waals surface area contributed by atoms with Crippen LogP contribution in [0.3, 0.4) is 0 Å². The Morgan fingerprint density at radius 1 is 1.19 bits per heavy atom. The number of halogens is 4. The fourth-order valence-electron chi connectivity index (χ4n) is 1.49. The second-order valence-corrected chi connectivity index (χ2v) is 4.53. The summed E-state index contributed by atoms with van der Waals surface area (Å²) in [4.78, 5) is 0. The molecular formula is C12H14ClF3. The van der Waals surface area contributed by atoms with Gasteiger partial charge in [-0.15, -0.1) is 11.6 Å². The summed E-state index contributed by atoms with van der Waals surface area (Å²) in [6, 6.07) is 1.31. The number of benzene rings is 1. The molecule has 0 amide bonds. The summed E-state index contributed by atoms with van der Waals surface area (Å²) in [6.45, 7) is 3.93. The standard InChI is InChI=1S/C12H14ClF3/c1-3-7(2)4-9(13)12-10(15)5-8(14)6-11(12)16/h5-7,9H,3-4H2,1-2H3. The van der Waals surface area contributed by atoms with Crippen molar-refractivity contribution >= 4 is 11.6 Å². The van der Waals surface area contributed by atoms with E-state index in [2.05, 4.69) is 0 Å². The second-order valence-electron chi connectivity index (χ2n) is 4.00. The molecule has 90 valence electrons. The first-order valence-electron chi connectivity index (χ1n) is 5.24. The highest BCUT2D eigenvalue weighted by Crippen LogP contribution is 2.32. The van der Waals surface area contributed by atoms with E-state index in [1.807, 2.05) is 13.8 Å². The van der Waals surface area contributed by atoms with Crippen molar-refractivity contribution in [1.29, 1.82) is 0 Å². The topological polar surface area (TPSA) is 0 Å². The lowest BCUT2D eigenvalue weighted by Crippen LogP contribution is -2.04. The molecule has 2 unspecified atom stereocenters. The van der Waals surface area contributed by atoms with Crippen molar-refractivity contribution in [3.8, 4) is 0 Å². The fraction of sp³-hybridized carbons (Fsp3) is 0.500. The Bertz CT molecular complexity index is 342. The molecule has 0 bridgehead atoms. The molecule has 4 heteroatoms. The molecule has 16 heavy (non-hydrogen) atoms. The molecule has 2 atom stereocenters. The first-order valence-corrected chi connectivity index (χ1v) is 5.67. The zero-order valence-corrected chi connectivity index (χ0v) is 9.99. The van der Waals surface area contributed by atoms with Crippen LogP contribution in [0.5, 0.6) is 0 Å². The molecule has 0 saturated heterocycles. The second kappa shape index (κ2) is 5.58. The van der Waals surface area contributed by atoms with Gasteiger partial charge in [-0.1, -0.05) is 20.3 Å². The number of hydrogen-bond acceptors (Lipinski definition) is 0. The van der Waals surface area contributed by atoms with Crippen molar-refractivity contribution in [2.24, 2.45) is 5.92 Å². The van der Waals surface area contributed by atoms with Gasteiger partial charge in [-0.05, 0) is 12.3 Å². The molecule has 0 aliphatic heterocycles. The Hall–Kier alpha value is -0.700. The molecule has 0 radical (unpaired) electrons. The fourth-order valence-corrected chi connectivity index (χ4v) is 2.00. The highest BCUT2D eigenvalue weighted by atomic mass is 35.5. The zero-order valence-electron chi connectivity index (χ0n) is 9.24. The van der Waals surface area contributed by atoms with Gasteiger partial charge in [-0.2, -0.15) is 0 Å². The SMILES string of the molecule is CCC(C)CC(Cl)c1c(F)cc(F)cc1F.